The Morgan fingerprint density at radius 2 is 2.06 bits per heavy atom. The highest BCUT2D eigenvalue weighted by Gasteiger charge is 2.45. The van der Waals surface area contributed by atoms with Crippen LogP contribution in [-0.4, -0.2) is 34.3 Å². The average molecular weight is 244 g/mol. The molecule has 2 rings (SSSR count). The van der Waals surface area contributed by atoms with Gasteiger partial charge in [0, 0.05) is 5.75 Å². The van der Waals surface area contributed by atoms with Crippen LogP contribution in [0.1, 0.15) is 39.0 Å². The van der Waals surface area contributed by atoms with Crippen molar-refractivity contribution in [3.8, 4) is 0 Å². The summed E-state index contributed by atoms with van der Waals surface area (Å²) in [5.74, 6) is 1.54. The van der Waals surface area contributed by atoms with Crippen molar-refractivity contribution < 1.29 is 14.6 Å². The first kappa shape index (κ1) is 12.2. The standard InChI is InChI=1S/C12H20O3S/c1-9-2-4-10(5-3-9)15-12(11(13)14)6-7-16-8-12/h9-10H,2-8H2,1H3,(H,13,14). The molecule has 1 saturated heterocycles. The highest BCUT2D eigenvalue weighted by atomic mass is 32.2. The first-order valence-corrected chi connectivity index (χ1v) is 7.27. The molecule has 16 heavy (non-hydrogen) atoms. The lowest BCUT2D eigenvalue weighted by Gasteiger charge is -2.33. The summed E-state index contributed by atoms with van der Waals surface area (Å²) in [6, 6.07) is 0. The zero-order valence-electron chi connectivity index (χ0n) is 9.78. The van der Waals surface area contributed by atoms with Crippen LogP contribution < -0.4 is 0 Å². The fourth-order valence-corrected chi connectivity index (χ4v) is 3.81. The van der Waals surface area contributed by atoms with Gasteiger partial charge in [0.25, 0.3) is 0 Å². The second kappa shape index (κ2) is 4.96. The van der Waals surface area contributed by atoms with E-state index in [-0.39, 0.29) is 6.10 Å². The van der Waals surface area contributed by atoms with Crippen LogP contribution in [-0.2, 0) is 9.53 Å². The monoisotopic (exact) mass is 244 g/mol. The molecule has 1 saturated carbocycles. The summed E-state index contributed by atoms with van der Waals surface area (Å²) >= 11 is 1.69. The zero-order chi connectivity index (χ0) is 11.6. The van der Waals surface area contributed by atoms with Gasteiger partial charge in [0.1, 0.15) is 0 Å². The van der Waals surface area contributed by atoms with Crippen molar-refractivity contribution >= 4 is 17.7 Å². The minimum absolute atomic E-state index is 0.172. The third-order valence-electron chi connectivity index (χ3n) is 3.73. The molecule has 2 fully saturated rings. The molecule has 0 aromatic carbocycles. The lowest BCUT2D eigenvalue weighted by Crippen LogP contribution is -2.45. The van der Waals surface area contributed by atoms with E-state index < -0.39 is 11.6 Å². The molecule has 1 unspecified atom stereocenters. The molecule has 0 aromatic rings. The van der Waals surface area contributed by atoms with E-state index in [2.05, 4.69) is 6.92 Å². The molecule has 0 aromatic heterocycles. The maximum Gasteiger partial charge on any atom is 0.336 e. The third-order valence-corrected chi connectivity index (χ3v) is 4.89. The Morgan fingerprint density at radius 3 is 2.56 bits per heavy atom. The fraction of sp³-hybridized carbons (Fsp3) is 0.917. The molecule has 1 aliphatic heterocycles. The molecule has 0 radical (unpaired) electrons. The summed E-state index contributed by atoms with van der Waals surface area (Å²) in [5, 5.41) is 9.31. The van der Waals surface area contributed by atoms with Crippen LogP contribution in [0.15, 0.2) is 0 Å². The Morgan fingerprint density at radius 1 is 1.38 bits per heavy atom. The normalized spacial score (nSPS) is 39.8. The van der Waals surface area contributed by atoms with Crippen molar-refractivity contribution in [2.45, 2.75) is 50.7 Å². The van der Waals surface area contributed by atoms with Gasteiger partial charge in [0.2, 0.25) is 0 Å². The van der Waals surface area contributed by atoms with Gasteiger partial charge in [0.15, 0.2) is 5.60 Å². The topological polar surface area (TPSA) is 46.5 Å². The van der Waals surface area contributed by atoms with Gasteiger partial charge in [-0.3, -0.25) is 0 Å². The van der Waals surface area contributed by atoms with E-state index in [9.17, 15) is 9.90 Å². The smallest absolute Gasteiger partial charge is 0.336 e. The molecule has 0 amide bonds. The molecule has 1 aliphatic carbocycles. The SMILES string of the molecule is CC1CCC(OC2(C(=O)O)CCSC2)CC1. The molecular weight excluding hydrogens is 224 g/mol. The van der Waals surface area contributed by atoms with Crippen LogP contribution in [0, 0.1) is 5.92 Å². The lowest BCUT2D eigenvalue weighted by atomic mass is 9.88. The number of rotatable bonds is 3. The maximum atomic E-state index is 11.3. The van der Waals surface area contributed by atoms with Gasteiger partial charge in [-0.1, -0.05) is 6.92 Å². The van der Waals surface area contributed by atoms with E-state index in [1.165, 1.54) is 12.8 Å². The Hall–Kier alpha value is -0.220. The number of carboxylic acids is 1. The Bertz CT molecular complexity index is 253. The molecule has 2 aliphatic rings. The lowest BCUT2D eigenvalue weighted by molar-refractivity contribution is -0.172. The van der Waals surface area contributed by atoms with Gasteiger partial charge in [0.05, 0.1) is 6.10 Å². The Kier molecular flexibility index (Phi) is 3.80. The Balaban J connectivity index is 1.93. The zero-order valence-corrected chi connectivity index (χ0v) is 10.6. The second-order valence-electron chi connectivity index (χ2n) is 5.10. The van der Waals surface area contributed by atoms with Crippen molar-refractivity contribution in [2.24, 2.45) is 5.92 Å². The summed E-state index contributed by atoms with van der Waals surface area (Å²) in [6.07, 6.45) is 5.24. The van der Waals surface area contributed by atoms with E-state index in [1.54, 1.807) is 11.8 Å². The summed E-state index contributed by atoms with van der Waals surface area (Å²) in [4.78, 5) is 11.3. The van der Waals surface area contributed by atoms with Crippen LogP contribution in [0.5, 0.6) is 0 Å². The summed E-state index contributed by atoms with van der Waals surface area (Å²) < 4.78 is 5.93. The summed E-state index contributed by atoms with van der Waals surface area (Å²) in [7, 11) is 0. The first-order valence-electron chi connectivity index (χ1n) is 6.11. The third kappa shape index (κ3) is 2.54. The van der Waals surface area contributed by atoms with Crippen LogP contribution in [0.3, 0.4) is 0 Å². The highest BCUT2D eigenvalue weighted by Crippen LogP contribution is 2.36. The highest BCUT2D eigenvalue weighted by molar-refractivity contribution is 7.99. The van der Waals surface area contributed by atoms with E-state index in [0.717, 1.165) is 24.5 Å². The van der Waals surface area contributed by atoms with Crippen molar-refractivity contribution in [1.82, 2.24) is 0 Å². The number of carboxylic acid groups (broad SMARTS) is 1. The van der Waals surface area contributed by atoms with Crippen molar-refractivity contribution in [1.29, 1.82) is 0 Å². The molecule has 3 nitrogen and oxygen atoms in total. The molecule has 4 heteroatoms. The molecule has 1 atom stereocenters. The van der Waals surface area contributed by atoms with Gasteiger partial charge in [-0.2, -0.15) is 11.8 Å². The van der Waals surface area contributed by atoms with Gasteiger partial charge < -0.3 is 9.84 Å². The molecule has 92 valence electrons. The molecule has 0 spiro atoms. The van der Waals surface area contributed by atoms with Gasteiger partial charge >= 0.3 is 5.97 Å². The Labute approximate surface area is 101 Å². The number of ether oxygens (including phenoxy) is 1. The van der Waals surface area contributed by atoms with Crippen LogP contribution in [0.4, 0.5) is 0 Å². The van der Waals surface area contributed by atoms with E-state index in [4.69, 9.17) is 4.74 Å². The van der Waals surface area contributed by atoms with Crippen LogP contribution >= 0.6 is 11.8 Å². The first-order chi connectivity index (χ1) is 7.62. The molecule has 0 bridgehead atoms. The molecular formula is C12H20O3S. The molecule has 1 heterocycles. The predicted octanol–water partition coefficient (Wildman–Crippen LogP) is 2.54. The van der Waals surface area contributed by atoms with Crippen molar-refractivity contribution in [3.63, 3.8) is 0 Å². The van der Waals surface area contributed by atoms with Crippen molar-refractivity contribution in [2.75, 3.05) is 11.5 Å². The van der Waals surface area contributed by atoms with E-state index >= 15 is 0 Å². The minimum Gasteiger partial charge on any atom is -0.479 e. The van der Waals surface area contributed by atoms with Gasteiger partial charge in [-0.05, 0) is 43.8 Å². The maximum absolute atomic E-state index is 11.3. The number of hydrogen-bond donors (Lipinski definition) is 1. The number of thioether (sulfide) groups is 1. The van der Waals surface area contributed by atoms with Crippen molar-refractivity contribution in [3.05, 3.63) is 0 Å². The average Bonchev–Trinajstić information content (AvgIpc) is 2.71. The fourth-order valence-electron chi connectivity index (χ4n) is 2.52. The van der Waals surface area contributed by atoms with Gasteiger partial charge in [-0.15, -0.1) is 0 Å². The second-order valence-corrected chi connectivity index (χ2v) is 6.21. The largest absolute Gasteiger partial charge is 0.479 e. The summed E-state index contributed by atoms with van der Waals surface area (Å²) in [5.41, 5.74) is -0.879. The number of carbonyl (C=O) groups is 1. The molecule has 1 N–H and O–H groups in total. The van der Waals surface area contributed by atoms with E-state index in [0.29, 0.717) is 12.2 Å². The quantitative estimate of drug-likeness (QED) is 0.828. The number of hydrogen-bond acceptors (Lipinski definition) is 3. The van der Waals surface area contributed by atoms with Crippen LogP contribution in [0.25, 0.3) is 0 Å². The number of aliphatic carboxylic acids is 1. The van der Waals surface area contributed by atoms with E-state index in [1.807, 2.05) is 0 Å². The van der Waals surface area contributed by atoms with Gasteiger partial charge in [-0.25, -0.2) is 4.79 Å². The summed E-state index contributed by atoms with van der Waals surface area (Å²) in [6.45, 7) is 2.26. The predicted molar refractivity (Wildman–Crippen MR) is 64.8 cm³/mol. The minimum atomic E-state index is -0.879. The van der Waals surface area contributed by atoms with Crippen LogP contribution in [0.2, 0.25) is 0 Å².